The van der Waals surface area contributed by atoms with Crippen LogP contribution in [-0.2, 0) is 6.54 Å². The van der Waals surface area contributed by atoms with Crippen LogP contribution < -0.4 is 10.6 Å². The molecule has 0 fully saturated rings. The lowest BCUT2D eigenvalue weighted by molar-refractivity contribution is 0.102. The highest BCUT2D eigenvalue weighted by molar-refractivity contribution is 6.30. The second-order valence-corrected chi connectivity index (χ2v) is 5.42. The first kappa shape index (κ1) is 15.9. The van der Waals surface area contributed by atoms with E-state index in [0.29, 0.717) is 28.8 Å². The second kappa shape index (κ2) is 7.52. The predicted octanol–water partition coefficient (Wildman–Crippen LogP) is 3.39. The third-order valence-electron chi connectivity index (χ3n) is 3.21. The van der Waals surface area contributed by atoms with Gasteiger partial charge in [-0.3, -0.25) is 9.78 Å². The fraction of sp³-hybridized carbons (Fsp3) is 0.0588. The molecule has 0 unspecified atom stereocenters. The van der Waals surface area contributed by atoms with Crippen molar-refractivity contribution in [3.63, 3.8) is 0 Å². The highest BCUT2D eigenvalue weighted by atomic mass is 35.5. The number of carbonyl (C=O) groups is 1. The Balaban J connectivity index is 1.58. The maximum Gasteiger partial charge on any atom is 0.256 e. The number of benzene rings is 1. The molecule has 24 heavy (non-hydrogen) atoms. The van der Waals surface area contributed by atoms with Crippen molar-refractivity contribution in [2.24, 2.45) is 0 Å². The maximum atomic E-state index is 12.1. The van der Waals surface area contributed by atoms with E-state index in [1.807, 2.05) is 12.1 Å². The minimum absolute atomic E-state index is 0.267. The highest BCUT2D eigenvalue weighted by Crippen LogP contribution is 2.12. The Morgan fingerprint density at radius 3 is 2.42 bits per heavy atom. The number of pyridine rings is 1. The number of carbonyl (C=O) groups excluding carboxylic acids is 1. The summed E-state index contributed by atoms with van der Waals surface area (Å²) in [5.41, 5.74) is 1.54. The van der Waals surface area contributed by atoms with Crippen molar-refractivity contribution >= 4 is 29.1 Å². The molecule has 1 aromatic carbocycles. The lowest BCUT2D eigenvalue weighted by atomic mass is 10.2. The predicted molar refractivity (Wildman–Crippen MR) is 93.0 cm³/mol. The molecule has 120 valence electrons. The Hall–Kier alpha value is -2.99. The van der Waals surface area contributed by atoms with E-state index in [2.05, 4.69) is 25.8 Å². The average molecular weight is 340 g/mol. The van der Waals surface area contributed by atoms with Crippen molar-refractivity contribution in [2.75, 3.05) is 10.6 Å². The molecule has 2 N–H and O–H groups in total. The fourth-order valence-corrected chi connectivity index (χ4v) is 2.10. The van der Waals surface area contributed by atoms with Gasteiger partial charge in [0.2, 0.25) is 0 Å². The van der Waals surface area contributed by atoms with Crippen LogP contribution in [0.4, 0.5) is 11.6 Å². The van der Waals surface area contributed by atoms with E-state index >= 15 is 0 Å². The Labute approximate surface area is 143 Å². The molecule has 0 spiro atoms. The summed E-state index contributed by atoms with van der Waals surface area (Å²) in [7, 11) is 0. The van der Waals surface area contributed by atoms with Gasteiger partial charge in [-0.2, -0.15) is 0 Å². The molecule has 3 aromatic rings. The zero-order chi connectivity index (χ0) is 16.8. The van der Waals surface area contributed by atoms with Gasteiger partial charge in [0.15, 0.2) is 5.82 Å². The van der Waals surface area contributed by atoms with Gasteiger partial charge >= 0.3 is 0 Å². The Morgan fingerprint density at radius 1 is 1.00 bits per heavy atom. The molecule has 3 rings (SSSR count). The number of anilines is 2. The monoisotopic (exact) mass is 339 g/mol. The normalized spacial score (nSPS) is 10.2. The molecule has 0 aliphatic carbocycles. The third-order valence-corrected chi connectivity index (χ3v) is 3.46. The lowest BCUT2D eigenvalue weighted by Gasteiger charge is -2.07. The van der Waals surface area contributed by atoms with Gasteiger partial charge in [0, 0.05) is 29.5 Å². The van der Waals surface area contributed by atoms with Crippen LogP contribution in [0.15, 0.2) is 60.9 Å². The standard InChI is InChI=1S/C17H14ClN5O/c18-14-5-3-13(4-6-14)17(24)21-16-8-7-15(22-23-16)20-11-12-2-1-9-19-10-12/h1-10H,11H2,(H,20,22)(H,21,23,24). The quantitative estimate of drug-likeness (QED) is 0.744. The van der Waals surface area contributed by atoms with E-state index in [-0.39, 0.29) is 5.91 Å². The lowest BCUT2D eigenvalue weighted by Crippen LogP contribution is -2.13. The summed E-state index contributed by atoms with van der Waals surface area (Å²) in [5, 5.41) is 14.4. The Morgan fingerprint density at radius 2 is 1.75 bits per heavy atom. The van der Waals surface area contributed by atoms with Gasteiger partial charge in [0.1, 0.15) is 5.82 Å². The SMILES string of the molecule is O=C(Nc1ccc(NCc2cccnc2)nn1)c1ccc(Cl)cc1. The van der Waals surface area contributed by atoms with Crippen molar-refractivity contribution in [1.29, 1.82) is 0 Å². The Kier molecular flexibility index (Phi) is 4.98. The molecule has 2 heterocycles. The first-order valence-electron chi connectivity index (χ1n) is 7.24. The van der Waals surface area contributed by atoms with E-state index in [9.17, 15) is 4.79 Å². The molecule has 0 bridgehead atoms. The highest BCUT2D eigenvalue weighted by Gasteiger charge is 2.07. The van der Waals surface area contributed by atoms with Crippen LogP contribution in [0, 0.1) is 0 Å². The minimum atomic E-state index is -0.267. The molecule has 1 amide bonds. The number of hydrogen-bond acceptors (Lipinski definition) is 5. The summed E-state index contributed by atoms with van der Waals surface area (Å²) in [5.74, 6) is 0.724. The van der Waals surface area contributed by atoms with Crippen LogP contribution >= 0.6 is 11.6 Å². The molecule has 6 nitrogen and oxygen atoms in total. The molecule has 7 heteroatoms. The maximum absolute atomic E-state index is 12.1. The number of nitrogens with one attached hydrogen (secondary N) is 2. The first-order chi connectivity index (χ1) is 11.7. The third kappa shape index (κ3) is 4.27. The molecule has 0 aliphatic rings. The van der Waals surface area contributed by atoms with Crippen LogP contribution in [-0.4, -0.2) is 21.1 Å². The largest absolute Gasteiger partial charge is 0.364 e. The zero-order valence-corrected chi connectivity index (χ0v) is 13.4. The van der Waals surface area contributed by atoms with E-state index in [0.717, 1.165) is 5.56 Å². The van der Waals surface area contributed by atoms with Crippen molar-refractivity contribution in [3.8, 4) is 0 Å². The number of hydrogen-bond donors (Lipinski definition) is 2. The van der Waals surface area contributed by atoms with Crippen molar-refractivity contribution in [1.82, 2.24) is 15.2 Å². The molecule has 0 aliphatic heterocycles. The summed E-state index contributed by atoms with van der Waals surface area (Å²) in [4.78, 5) is 16.1. The minimum Gasteiger partial charge on any atom is -0.364 e. The number of rotatable bonds is 5. The summed E-state index contributed by atoms with van der Waals surface area (Å²) < 4.78 is 0. The fourth-order valence-electron chi connectivity index (χ4n) is 1.98. The molecule has 0 radical (unpaired) electrons. The first-order valence-corrected chi connectivity index (χ1v) is 7.62. The van der Waals surface area contributed by atoms with E-state index in [4.69, 9.17) is 11.6 Å². The van der Waals surface area contributed by atoms with Crippen LogP contribution in [0.5, 0.6) is 0 Å². The van der Waals surface area contributed by atoms with Crippen molar-refractivity contribution < 1.29 is 4.79 Å². The van der Waals surface area contributed by atoms with Crippen LogP contribution in [0.25, 0.3) is 0 Å². The summed E-state index contributed by atoms with van der Waals surface area (Å²) in [6, 6.07) is 13.9. The number of nitrogens with zero attached hydrogens (tertiary/aromatic N) is 3. The second-order valence-electron chi connectivity index (χ2n) is 4.98. The van der Waals surface area contributed by atoms with Crippen LogP contribution in [0.2, 0.25) is 5.02 Å². The molecule has 0 atom stereocenters. The van der Waals surface area contributed by atoms with Gasteiger partial charge in [-0.25, -0.2) is 0 Å². The van der Waals surface area contributed by atoms with Gasteiger partial charge in [0.25, 0.3) is 5.91 Å². The van der Waals surface area contributed by atoms with Gasteiger partial charge < -0.3 is 10.6 Å². The molecule has 0 saturated carbocycles. The van der Waals surface area contributed by atoms with Gasteiger partial charge in [-0.05, 0) is 48.0 Å². The van der Waals surface area contributed by atoms with Crippen LogP contribution in [0.3, 0.4) is 0 Å². The van der Waals surface area contributed by atoms with Gasteiger partial charge in [0.05, 0.1) is 0 Å². The van der Waals surface area contributed by atoms with E-state index in [1.165, 1.54) is 0 Å². The summed E-state index contributed by atoms with van der Waals surface area (Å²) >= 11 is 5.80. The van der Waals surface area contributed by atoms with Crippen molar-refractivity contribution in [2.45, 2.75) is 6.54 Å². The topological polar surface area (TPSA) is 79.8 Å². The molecule has 2 aromatic heterocycles. The summed E-state index contributed by atoms with van der Waals surface area (Å²) in [6.07, 6.45) is 3.50. The van der Waals surface area contributed by atoms with Crippen LogP contribution in [0.1, 0.15) is 15.9 Å². The van der Waals surface area contributed by atoms with Gasteiger partial charge in [-0.1, -0.05) is 17.7 Å². The van der Waals surface area contributed by atoms with E-state index < -0.39 is 0 Å². The number of aromatic nitrogens is 3. The smallest absolute Gasteiger partial charge is 0.256 e. The van der Waals surface area contributed by atoms with Crippen molar-refractivity contribution in [3.05, 3.63) is 77.1 Å². The molecular weight excluding hydrogens is 326 g/mol. The van der Waals surface area contributed by atoms with E-state index in [1.54, 1.807) is 48.8 Å². The van der Waals surface area contributed by atoms with Gasteiger partial charge in [-0.15, -0.1) is 10.2 Å². The number of halogens is 1. The number of amides is 1. The molecule has 0 saturated heterocycles. The average Bonchev–Trinajstić information content (AvgIpc) is 2.62. The Bertz CT molecular complexity index is 807. The zero-order valence-electron chi connectivity index (χ0n) is 12.6. The summed E-state index contributed by atoms with van der Waals surface area (Å²) in [6.45, 7) is 0.596. The molecular formula is C17H14ClN5O.